The Bertz CT molecular complexity index is 612. The van der Waals surface area contributed by atoms with Crippen molar-refractivity contribution in [2.45, 2.75) is 42.5 Å². The Labute approximate surface area is 123 Å². The second kappa shape index (κ2) is 5.28. The Hall–Kier alpha value is -0.650. The largest absolute Gasteiger partial charge is 0.246 e. The Morgan fingerprint density at radius 2 is 1.95 bits per heavy atom. The molecule has 0 amide bonds. The smallest absolute Gasteiger partial charge is 0.207 e. The van der Waals surface area contributed by atoms with Gasteiger partial charge >= 0.3 is 0 Å². The highest BCUT2D eigenvalue weighted by molar-refractivity contribution is 7.89. The Balaban J connectivity index is 1.92. The molecule has 1 aromatic rings. The summed E-state index contributed by atoms with van der Waals surface area (Å²) in [5, 5.41) is 0. The predicted octanol–water partition coefficient (Wildman–Crippen LogP) is 3.13. The lowest BCUT2D eigenvalue weighted by atomic mass is 10.2. The van der Waals surface area contributed by atoms with Gasteiger partial charge in [-0.1, -0.05) is 6.07 Å². The van der Waals surface area contributed by atoms with Gasteiger partial charge in [0.25, 0.3) is 0 Å². The first-order valence-corrected chi connectivity index (χ1v) is 8.86. The fraction of sp³-hybridized carbons (Fsp3) is 0.571. The number of benzene rings is 1. The molecule has 2 aliphatic rings. The number of rotatable bonds is 6. The molecule has 20 heavy (non-hydrogen) atoms. The van der Waals surface area contributed by atoms with E-state index in [2.05, 4.69) is 0 Å². The van der Waals surface area contributed by atoms with E-state index in [0.717, 1.165) is 25.7 Å². The first-order chi connectivity index (χ1) is 9.52. The third kappa shape index (κ3) is 2.85. The van der Waals surface area contributed by atoms with Crippen molar-refractivity contribution in [2.24, 2.45) is 5.92 Å². The normalized spacial score (nSPS) is 19.6. The number of alkyl halides is 1. The fourth-order valence-corrected chi connectivity index (χ4v) is 4.30. The van der Waals surface area contributed by atoms with Gasteiger partial charge in [0, 0.05) is 18.5 Å². The van der Waals surface area contributed by atoms with Crippen LogP contribution < -0.4 is 0 Å². The maximum atomic E-state index is 14.1. The molecule has 2 saturated carbocycles. The van der Waals surface area contributed by atoms with Crippen molar-refractivity contribution < 1.29 is 12.8 Å². The summed E-state index contributed by atoms with van der Waals surface area (Å²) in [5.74, 6) is -0.0776. The van der Waals surface area contributed by atoms with Gasteiger partial charge in [0.1, 0.15) is 10.7 Å². The van der Waals surface area contributed by atoms with E-state index in [0.29, 0.717) is 18.0 Å². The summed E-state index contributed by atoms with van der Waals surface area (Å²) >= 11 is 5.64. The van der Waals surface area contributed by atoms with E-state index in [1.165, 1.54) is 16.4 Å². The molecule has 0 saturated heterocycles. The average Bonchev–Trinajstić information content (AvgIpc) is 3.27. The van der Waals surface area contributed by atoms with Gasteiger partial charge in [-0.05, 0) is 49.3 Å². The number of sulfonamides is 1. The minimum absolute atomic E-state index is 0.0627. The van der Waals surface area contributed by atoms with Gasteiger partial charge < -0.3 is 0 Å². The van der Waals surface area contributed by atoms with Crippen molar-refractivity contribution in [3.8, 4) is 0 Å². The van der Waals surface area contributed by atoms with Crippen molar-refractivity contribution >= 4 is 21.6 Å². The van der Waals surface area contributed by atoms with Gasteiger partial charge in [-0.15, -0.1) is 11.6 Å². The molecule has 110 valence electrons. The highest BCUT2D eigenvalue weighted by Gasteiger charge is 2.41. The Morgan fingerprint density at radius 3 is 2.45 bits per heavy atom. The first kappa shape index (κ1) is 14.3. The van der Waals surface area contributed by atoms with Crippen LogP contribution in [0.25, 0.3) is 0 Å². The molecule has 0 atom stereocenters. The molecule has 3 nitrogen and oxygen atoms in total. The molecule has 0 spiro atoms. The first-order valence-electron chi connectivity index (χ1n) is 6.88. The molecular weight excluding hydrogens is 301 g/mol. The zero-order valence-electron chi connectivity index (χ0n) is 11.1. The molecule has 0 N–H and O–H groups in total. The van der Waals surface area contributed by atoms with E-state index in [4.69, 9.17) is 11.6 Å². The molecule has 2 fully saturated rings. The lowest BCUT2D eigenvalue weighted by Crippen LogP contribution is -2.35. The number of hydrogen-bond donors (Lipinski definition) is 0. The minimum atomic E-state index is -3.73. The summed E-state index contributed by atoms with van der Waals surface area (Å²) in [6.07, 6.45) is 3.92. The average molecular weight is 318 g/mol. The van der Waals surface area contributed by atoms with Crippen molar-refractivity contribution in [1.29, 1.82) is 0 Å². The summed E-state index contributed by atoms with van der Waals surface area (Å²) in [4.78, 5) is -0.223. The topological polar surface area (TPSA) is 37.4 Å². The number of nitrogens with zero attached hydrogens (tertiary/aromatic N) is 1. The van der Waals surface area contributed by atoms with E-state index < -0.39 is 15.8 Å². The summed E-state index contributed by atoms with van der Waals surface area (Å²) < 4.78 is 40.9. The molecule has 0 aliphatic heterocycles. The second-order valence-corrected chi connectivity index (χ2v) is 7.77. The molecule has 0 radical (unpaired) electrons. The van der Waals surface area contributed by atoms with Crippen LogP contribution in [0.3, 0.4) is 0 Å². The van der Waals surface area contributed by atoms with Gasteiger partial charge in [-0.3, -0.25) is 0 Å². The van der Waals surface area contributed by atoms with Crippen molar-refractivity contribution in [3.05, 3.63) is 29.6 Å². The Kier molecular flexibility index (Phi) is 3.77. The summed E-state index contributed by atoms with van der Waals surface area (Å²) in [5.41, 5.74) is 0.586. The number of halogens is 2. The third-order valence-corrected chi connectivity index (χ3v) is 6.09. The third-order valence-electron chi connectivity index (χ3n) is 3.83. The van der Waals surface area contributed by atoms with E-state index in [-0.39, 0.29) is 16.8 Å². The monoisotopic (exact) mass is 317 g/mol. The van der Waals surface area contributed by atoms with Gasteiger partial charge in [0.2, 0.25) is 10.0 Å². The molecule has 0 heterocycles. The summed E-state index contributed by atoms with van der Waals surface area (Å²) in [6, 6.07) is 4.19. The minimum Gasteiger partial charge on any atom is -0.207 e. The SMILES string of the molecule is O=S(=O)(c1ccc(CCl)cc1F)N(CC1CC1)C1CC1. The van der Waals surface area contributed by atoms with E-state index in [9.17, 15) is 12.8 Å². The standard InChI is InChI=1S/C14H17ClFNO2S/c15-8-11-3-6-14(13(16)7-11)20(18,19)17(12-4-5-12)9-10-1-2-10/h3,6-7,10,12H,1-2,4-5,8-9H2. The highest BCUT2D eigenvalue weighted by Crippen LogP contribution is 2.38. The Morgan fingerprint density at radius 1 is 1.25 bits per heavy atom. The molecule has 6 heteroatoms. The van der Waals surface area contributed by atoms with Crippen LogP contribution in [0.2, 0.25) is 0 Å². The molecule has 1 aromatic carbocycles. The molecule has 0 bridgehead atoms. The van der Waals surface area contributed by atoms with Crippen LogP contribution in [0.5, 0.6) is 0 Å². The van der Waals surface area contributed by atoms with Gasteiger partial charge in [0.05, 0.1) is 0 Å². The van der Waals surface area contributed by atoms with Crippen LogP contribution in [0.1, 0.15) is 31.2 Å². The quantitative estimate of drug-likeness (QED) is 0.756. The van der Waals surface area contributed by atoms with Crippen LogP contribution >= 0.6 is 11.6 Å². The molecular formula is C14H17ClFNO2S. The van der Waals surface area contributed by atoms with Crippen molar-refractivity contribution in [2.75, 3.05) is 6.54 Å². The van der Waals surface area contributed by atoms with Crippen molar-refractivity contribution in [1.82, 2.24) is 4.31 Å². The van der Waals surface area contributed by atoms with Gasteiger partial charge in [-0.25, -0.2) is 12.8 Å². The van der Waals surface area contributed by atoms with Crippen LogP contribution in [0, 0.1) is 11.7 Å². The maximum Gasteiger partial charge on any atom is 0.246 e. The van der Waals surface area contributed by atoms with Crippen LogP contribution in [-0.4, -0.2) is 25.3 Å². The lowest BCUT2D eigenvalue weighted by molar-refractivity contribution is 0.386. The summed E-state index contributed by atoms with van der Waals surface area (Å²) in [7, 11) is -3.73. The highest BCUT2D eigenvalue weighted by atomic mass is 35.5. The number of hydrogen-bond acceptors (Lipinski definition) is 2. The van der Waals surface area contributed by atoms with E-state index in [1.54, 1.807) is 6.07 Å². The van der Waals surface area contributed by atoms with E-state index >= 15 is 0 Å². The molecule has 3 rings (SSSR count). The van der Waals surface area contributed by atoms with Crippen LogP contribution in [0.15, 0.2) is 23.1 Å². The van der Waals surface area contributed by atoms with Gasteiger partial charge in [-0.2, -0.15) is 4.31 Å². The van der Waals surface area contributed by atoms with Crippen LogP contribution in [-0.2, 0) is 15.9 Å². The zero-order chi connectivity index (χ0) is 14.3. The van der Waals surface area contributed by atoms with Gasteiger partial charge in [0.15, 0.2) is 0 Å². The fourth-order valence-electron chi connectivity index (χ4n) is 2.32. The van der Waals surface area contributed by atoms with Crippen molar-refractivity contribution in [3.63, 3.8) is 0 Å². The molecule has 2 aliphatic carbocycles. The molecule has 0 aromatic heterocycles. The van der Waals surface area contributed by atoms with Crippen LogP contribution in [0.4, 0.5) is 4.39 Å². The molecule has 0 unspecified atom stereocenters. The summed E-state index contributed by atoms with van der Waals surface area (Å²) in [6.45, 7) is 0.531. The maximum absolute atomic E-state index is 14.1. The zero-order valence-corrected chi connectivity index (χ0v) is 12.6. The van der Waals surface area contributed by atoms with E-state index in [1.807, 2.05) is 0 Å². The predicted molar refractivity (Wildman–Crippen MR) is 75.6 cm³/mol. The lowest BCUT2D eigenvalue weighted by Gasteiger charge is -2.22. The second-order valence-electron chi connectivity index (χ2n) is 5.65.